The Morgan fingerprint density at radius 1 is 1.13 bits per heavy atom. The van der Waals surface area contributed by atoms with E-state index in [-0.39, 0.29) is 11.7 Å². The van der Waals surface area contributed by atoms with Gasteiger partial charge in [0.05, 0.1) is 5.69 Å². The van der Waals surface area contributed by atoms with Crippen molar-refractivity contribution < 1.29 is 14.3 Å². The maximum Gasteiger partial charge on any atom is 0.295 e. The first-order valence-corrected chi connectivity index (χ1v) is 10.3. The van der Waals surface area contributed by atoms with E-state index in [2.05, 4.69) is 20.7 Å². The minimum absolute atomic E-state index is 0.0261. The van der Waals surface area contributed by atoms with Crippen LogP contribution in [0.25, 0.3) is 5.69 Å². The summed E-state index contributed by atoms with van der Waals surface area (Å²) < 4.78 is 6.82. The van der Waals surface area contributed by atoms with Gasteiger partial charge in [-0.15, -0.1) is 5.10 Å². The van der Waals surface area contributed by atoms with Gasteiger partial charge in [-0.05, 0) is 62.7 Å². The zero-order chi connectivity index (χ0) is 22.2. The van der Waals surface area contributed by atoms with Gasteiger partial charge in [-0.3, -0.25) is 9.59 Å². The van der Waals surface area contributed by atoms with Crippen molar-refractivity contribution in [2.24, 2.45) is 0 Å². The molecule has 0 aliphatic heterocycles. The van der Waals surface area contributed by atoms with Gasteiger partial charge in [0.2, 0.25) is 5.82 Å². The molecule has 0 atom stereocenters. The molecule has 3 rings (SSSR count). The third-order valence-corrected chi connectivity index (χ3v) is 4.63. The minimum atomic E-state index is -0.468. The summed E-state index contributed by atoms with van der Waals surface area (Å²) in [4.78, 5) is 29.2. The summed E-state index contributed by atoms with van der Waals surface area (Å²) >= 11 is 5.92. The fraction of sp³-hybridized carbons (Fsp3) is 0.273. The van der Waals surface area contributed by atoms with E-state index in [1.54, 1.807) is 60.1 Å². The number of hydrogen-bond acceptors (Lipinski definition) is 5. The molecular weight excluding hydrogens is 418 g/mol. The number of ether oxygens (including phenoxy) is 1. The van der Waals surface area contributed by atoms with E-state index in [1.807, 2.05) is 6.92 Å². The third kappa shape index (κ3) is 6.13. The molecule has 0 bridgehead atoms. The molecule has 0 saturated heterocycles. The summed E-state index contributed by atoms with van der Waals surface area (Å²) in [6.07, 6.45) is 0.733. The zero-order valence-electron chi connectivity index (χ0n) is 17.4. The SMILES string of the molecule is CCOCCCNC(=O)c1cccc(NC(=O)c2nc(C)n(-c3ccc(Cl)cc3)n2)c1. The van der Waals surface area contributed by atoms with Gasteiger partial charge < -0.3 is 15.4 Å². The Kier molecular flexibility index (Phi) is 7.75. The van der Waals surface area contributed by atoms with Crippen LogP contribution in [0.15, 0.2) is 48.5 Å². The van der Waals surface area contributed by atoms with Gasteiger partial charge in [-0.1, -0.05) is 17.7 Å². The molecule has 0 radical (unpaired) electrons. The van der Waals surface area contributed by atoms with Crippen LogP contribution in [0.5, 0.6) is 0 Å². The standard InChI is InChI=1S/C22H24ClN5O3/c1-3-31-13-5-12-24-21(29)16-6-4-7-18(14-16)26-22(30)20-25-15(2)28(27-20)19-10-8-17(23)9-11-19/h4,6-11,14H,3,5,12-13H2,1-2H3,(H,24,29)(H,26,30). The molecule has 0 unspecified atom stereocenters. The van der Waals surface area contributed by atoms with Crippen LogP contribution in [-0.4, -0.2) is 46.3 Å². The number of rotatable bonds is 9. The normalized spacial score (nSPS) is 10.7. The molecule has 8 nitrogen and oxygen atoms in total. The average molecular weight is 442 g/mol. The highest BCUT2D eigenvalue weighted by Gasteiger charge is 2.16. The van der Waals surface area contributed by atoms with Gasteiger partial charge in [-0.2, -0.15) is 0 Å². The van der Waals surface area contributed by atoms with Gasteiger partial charge >= 0.3 is 0 Å². The van der Waals surface area contributed by atoms with Crippen LogP contribution in [0.2, 0.25) is 5.02 Å². The van der Waals surface area contributed by atoms with Crippen molar-refractivity contribution in [3.63, 3.8) is 0 Å². The highest BCUT2D eigenvalue weighted by Crippen LogP contribution is 2.15. The third-order valence-electron chi connectivity index (χ3n) is 4.38. The Morgan fingerprint density at radius 3 is 2.65 bits per heavy atom. The Morgan fingerprint density at radius 2 is 1.90 bits per heavy atom. The first-order chi connectivity index (χ1) is 15.0. The maximum atomic E-state index is 12.6. The van der Waals surface area contributed by atoms with Crippen LogP contribution in [0.3, 0.4) is 0 Å². The smallest absolute Gasteiger partial charge is 0.295 e. The number of nitrogens with zero attached hydrogens (tertiary/aromatic N) is 3. The van der Waals surface area contributed by atoms with E-state index in [9.17, 15) is 9.59 Å². The lowest BCUT2D eigenvalue weighted by Gasteiger charge is -2.08. The molecule has 2 N–H and O–H groups in total. The lowest BCUT2D eigenvalue weighted by atomic mass is 10.2. The topological polar surface area (TPSA) is 98.1 Å². The Labute approximate surface area is 185 Å². The summed E-state index contributed by atoms with van der Waals surface area (Å²) in [7, 11) is 0. The molecule has 0 aliphatic carbocycles. The summed E-state index contributed by atoms with van der Waals surface area (Å²) in [5.41, 5.74) is 1.67. The molecule has 2 amide bonds. The first-order valence-electron chi connectivity index (χ1n) is 9.95. The number of carbonyl (C=O) groups is 2. The van der Waals surface area contributed by atoms with Gasteiger partial charge in [-0.25, -0.2) is 9.67 Å². The van der Waals surface area contributed by atoms with Crippen molar-refractivity contribution in [1.29, 1.82) is 0 Å². The lowest BCUT2D eigenvalue weighted by Crippen LogP contribution is -2.25. The monoisotopic (exact) mass is 441 g/mol. The molecular formula is C22H24ClN5O3. The highest BCUT2D eigenvalue weighted by molar-refractivity contribution is 6.30. The predicted molar refractivity (Wildman–Crippen MR) is 119 cm³/mol. The van der Waals surface area contributed by atoms with Crippen molar-refractivity contribution in [3.05, 3.63) is 70.8 Å². The molecule has 2 aromatic carbocycles. The van der Waals surface area contributed by atoms with Crippen molar-refractivity contribution in [2.75, 3.05) is 25.1 Å². The van der Waals surface area contributed by atoms with Gasteiger partial charge in [0, 0.05) is 36.0 Å². The number of hydrogen-bond donors (Lipinski definition) is 2. The van der Waals surface area contributed by atoms with Gasteiger partial charge in [0.1, 0.15) is 5.82 Å². The Hall–Kier alpha value is -3.23. The van der Waals surface area contributed by atoms with E-state index < -0.39 is 5.91 Å². The molecule has 0 fully saturated rings. The van der Waals surface area contributed by atoms with Crippen molar-refractivity contribution in [3.8, 4) is 5.69 Å². The van der Waals surface area contributed by atoms with Crippen LogP contribution in [0.1, 0.15) is 40.1 Å². The van der Waals surface area contributed by atoms with Crippen molar-refractivity contribution in [2.45, 2.75) is 20.3 Å². The molecule has 1 heterocycles. The quantitative estimate of drug-likeness (QED) is 0.494. The number of aryl methyl sites for hydroxylation is 1. The fourth-order valence-corrected chi connectivity index (χ4v) is 2.99. The second-order valence-corrected chi connectivity index (χ2v) is 7.15. The number of nitrogens with one attached hydrogen (secondary N) is 2. The summed E-state index contributed by atoms with van der Waals surface area (Å²) in [6, 6.07) is 13.8. The first kappa shape index (κ1) is 22.5. The Balaban J connectivity index is 1.64. The van der Waals surface area contributed by atoms with Crippen LogP contribution in [0, 0.1) is 6.92 Å². The summed E-state index contributed by atoms with van der Waals surface area (Å²) in [6.45, 7) is 5.46. The summed E-state index contributed by atoms with van der Waals surface area (Å²) in [5.74, 6) is -0.0930. The second kappa shape index (κ2) is 10.7. The number of carbonyl (C=O) groups excluding carboxylic acids is 2. The molecule has 0 saturated carbocycles. The number of anilines is 1. The largest absolute Gasteiger partial charge is 0.382 e. The van der Waals surface area contributed by atoms with E-state index in [0.29, 0.717) is 41.9 Å². The van der Waals surface area contributed by atoms with E-state index in [1.165, 1.54) is 0 Å². The fourth-order valence-electron chi connectivity index (χ4n) is 2.86. The van der Waals surface area contributed by atoms with Gasteiger partial charge in [0.25, 0.3) is 11.8 Å². The number of halogens is 1. The summed E-state index contributed by atoms with van der Waals surface area (Å²) in [5, 5.41) is 10.5. The zero-order valence-corrected chi connectivity index (χ0v) is 18.1. The Bertz CT molecular complexity index is 1050. The van der Waals surface area contributed by atoms with Crippen LogP contribution in [0.4, 0.5) is 5.69 Å². The van der Waals surface area contributed by atoms with Crippen molar-refractivity contribution >= 4 is 29.1 Å². The molecule has 0 aliphatic rings. The molecule has 31 heavy (non-hydrogen) atoms. The lowest BCUT2D eigenvalue weighted by molar-refractivity contribution is 0.0942. The number of benzene rings is 2. The number of aromatic nitrogens is 3. The molecule has 9 heteroatoms. The van der Waals surface area contributed by atoms with Gasteiger partial charge in [0.15, 0.2) is 0 Å². The number of amides is 2. The predicted octanol–water partition coefficient (Wildman–Crippen LogP) is 3.64. The molecule has 162 valence electrons. The second-order valence-electron chi connectivity index (χ2n) is 6.71. The van der Waals surface area contributed by atoms with Crippen LogP contribution < -0.4 is 10.6 Å². The van der Waals surface area contributed by atoms with Crippen LogP contribution >= 0.6 is 11.6 Å². The van der Waals surface area contributed by atoms with E-state index in [4.69, 9.17) is 16.3 Å². The maximum absolute atomic E-state index is 12.6. The van der Waals surface area contributed by atoms with Crippen molar-refractivity contribution in [1.82, 2.24) is 20.1 Å². The molecule has 1 aromatic heterocycles. The average Bonchev–Trinajstić information content (AvgIpc) is 3.16. The molecule has 0 spiro atoms. The minimum Gasteiger partial charge on any atom is -0.382 e. The highest BCUT2D eigenvalue weighted by atomic mass is 35.5. The molecule has 3 aromatic rings. The van der Waals surface area contributed by atoms with E-state index in [0.717, 1.165) is 12.1 Å². The van der Waals surface area contributed by atoms with E-state index >= 15 is 0 Å². The van der Waals surface area contributed by atoms with Crippen LogP contribution in [-0.2, 0) is 4.74 Å².